The first-order chi connectivity index (χ1) is 23.5. The van der Waals surface area contributed by atoms with E-state index in [1.165, 1.54) is 46.2 Å². The van der Waals surface area contributed by atoms with Crippen LogP contribution in [0.1, 0.15) is 81.8 Å². The summed E-state index contributed by atoms with van der Waals surface area (Å²) >= 11 is 0. The van der Waals surface area contributed by atoms with Crippen LogP contribution in [0.4, 0.5) is 0 Å². The lowest BCUT2D eigenvalue weighted by atomic mass is 9.99. The molecule has 0 saturated carbocycles. The summed E-state index contributed by atoms with van der Waals surface area (Å²) in [5.74, 6) is -1.43. The minimum absolute atomic E-state index is 0.160. The number of ether oxygens (including phenoxy) is 6. The molecule has 2 aromatic rings. The maximum atomic E-state index is 11.8. The number of rotatable bonds is 12. The number of hydrogen-bond acceptors (Lipinski definition) is 10. The molecular formula is C41H54O10. The van der Waals surface area contributed by atoms with Crippen molar-refractivity contribution in [2.24, 2.45) is 0 Å². The van der Waals surface area contributed by atoms with Crippen LogP contribution < -0.4 is 9.47 Å². The molecule has 0 fully saturated rings. The number of methoxy groups -OCH3 is 4. The second-order valence-corrected chi connectivity index (χ2v) is 13.4. The van der Waals surface area contributed by atoms with Crippen LogP contribution in [-0.2, 0) is 38.1 Å². The van der Waals surface area contributed by atoms with Crippen LogP contribution in [-0.4, -0.2) is 63.5 Å². The van der Waals surface area contributed by atoms with Gasteiger partial charge in [-0.2, -0.15) is 0 Å². The second kappa shape index (κ2) is 18.8. The lowest BCUT2D eigenvalue weighted by Gasteiger charge is -2.29. The Morgan fingerprint density at radius 3 is 1.12 bits per heavy atom. The average molecular weight is 707 g/mol. The first kappa shape index (κ1) is 43.9. The molecule has 0 amide bonds. The molecular weight excluding hydrogens is 652 g/mol. The molecule has 0 bridgehead atoms. The number of aryl methyl sites for hydroxylation is 4. The summed E-state index contributed by atoms with van der Waals surface area (Å²) in [6, 6.07) is 7.38. The molecule has 0 heterocycles. The van der Waals surface area contributed by atoms with E-state index in [0.29, 0.717) is 11.1 Å². The molecule has 10 heteroatoms. The van der Waals surface area contributed by atoms with Crippen molar-refractivity contribution < 1.29 is 47.6 Å². The van der Waals surface area contributed by atoms with Gasteiger partial charge in [-0.1, -0.05) is 12.2 Å². The van der Waals surface area contributed by atoms with E-state index in [1.54, 1.807) is 0 Å². The molecule has 0 unspecified atom stereocenters. The van der Waals surface area contributed by atoms with Crippen LogP contribution in [0, 0.1) is 27.7 Å². The van der Waals surface area contributed by atoms with E-state index >= 15 is 0 Å². The topological polar surface area (TPSA) is 124 Å². The van der Waals surface area contributed by atoms with Crippen molar-refractivity contribution in [1.29, 1.82) is 0 Å². The zero-order chi connectivity index (χ0) is 39.4. The Hall–Kier alpha value is -5.12. The van der Waals surface area contributed by atoms with E-state index in [0.717, 1.165) is 39.3 Å². The molecule has 10 nitrogen and oxygen atoms in total. The van der Waals surface area contributed by atoms with Crippen molar-refractivity contribution >= 4 is 36.0 Å². The monoisotopic (exact) mass is 706 g/mol. The Bertz CT molecular complexity index is 1650. The fraction of sp³-hybridized carbons (Fsp3) is 0.415. The van der Waals surface area contributed by atoms with Crippen LogP contribution in [0.3, 0.4) is 0 Å². The summed E-state index contributed by atoms with van der Waals surface area (Å²) in [6.07, 6.45) is 4.97. The molecule has 0 aliphatic rings. The summed E-state index contributed by atoms with van der Waals surface area (Å²) < 4.78 is 30.9. The fourth-order valence-corrected chi connectivity index (χ4v) is 4.96. The predicted octanol–water partition coefficient (Wildman–Crippen LogP) is 7.92. The number of hydrogen-bond donors (Lipinski definition) is 0. The zero-order valence-corrected chi connectivity index (χ0v) is 32.8. The highest BCUT2D eigenvalue weighted by Gasteiger charge is 2.25. The van der Waals surface area contributed by atoms with Crippen molar-refractivity contribution in [2.45, 2.75) is 87.4 Å². The van der Waals surface area contributed by atoms with Crippen molar-refractivity contribution in [3.05, 3.63) is 92.6 Å². The molecule has 278 valence electrons. The molecule has 0 aromatic heterocycles. The third-order valence-corrected chi connectivity index (χ3v) is 7.59. The smallest absolute Gasteiger partial charge is 0.345 e. The number of carbonyl (C=O) groups is 4. The van der Waals surface area contributed by atoms with Gasteiger partial charge in [0.05, 0.1) is 28.4 Å². The van der Waals surface area contributed by atoms with E-state index in [1.807, 2.05) is 100 Å². The molecule has 0 radical (unpaired) electrons. The number of carbonyl (C=O) groups excluding carboxylic acids is 4. The lowest BCUT2D eigenvalue weighted by Crippen LogP contribution is -2.29. The second-order valence-electron chi connectivity index (χ2n) is 13.4. The van der Waals surface area contributed by atoms with Crippen LogP contribution in [0.5, 0.6) is 11.5 Å². The van der Waals surface area contributed by atoms with E-state index in [9.17, 15) is 19.2 Å². The summed E-state index contributed by atoms with van der Waals surface area (Å²) in [5.41, 5.74) is 5.75. The van der Waals surface area contributed by atoms with Gasteiger partial charge < -0.3 is 28.4 Å². The van der Waals surface area contributed by atoms with Crippen LogP contribution >= 0.6 is 0 Å². The molecule has 0 aliphatic heterocycles. The number of esters is 4. The van der Waals surface area contributed by atoms with Crippen LogP contribution in [0.2, 0.25) is 0 Å². The Labute approximate surface area is 303 Å². The van der Waals surface area contributed by atoms with Gasteiger partial charge in [0.2, 0.25) is 0 Å². The predicted molar refractivity (Wildman–Crippen MR) is 200 cm³/mol. The third kappa shape index (κ3) is 12.9. The Morgan fingerprint density at radius 1 is 0.569 bits per heavy atom. The van der Waals surface area contributed by atoms with E-state index in [2.05, 4.69) is 31.6 Å². The van der Waals surface area contributed by atoms with E-state index in [-0.39, 0.29) is 11.1 Å². The normalized spacial score (nSPS) is 10.6. The molecule has 2 rings (SSSR count). The van der Waals surface area contributed by atoms with Crippen molar-refractivity contribution in [1.82, 2.24) is 0 Å². The maximum Gasteiger partial charge on any atom is 0.345 e. The molecule has 0 atom stereocenters. The van der Waals surface area contributed by atoms with Gasteiger partial charge in [-0.3, -0.25) is 0 Å². The summed E-state index contributed by atoms with van der Waals surface area (Å²) in [6.45, 7) is 25.5. The van der Waals surface area contributed by atoms with Gasteiger partial charge in [0.1, 0.15) is 33.8 Å². The van der Waals surface area contributed by atoms with Gasteiger partial charge in [-0.15, -0.1) is 0 Å². The molecule has 2 aromatic carbocycles. The van der Waals surface area contributed by atoms with Crippen molar-refractivity contribution in [2.75, 3.05) is 28.4 Å². The van der Waals surface area contributed by atoms with E-state index in [4.69, 9.17) is 9.47 Å². The van der Waals surface area contributed by atoms with Gasteiger partial charge >= 0.3 is 23.9 Å². The van der Waals surface area contributed by atoms with Crippen LogP contribution in [0.25, 0.3) is 12.2 Å². The highest BCUT2D eigenvalue weighted by Crippen LogP contribution is 2.32. The lowest BCUT2D eigenvalue weighted by molar-refractivity contribution is -0.145. The fourth-order valence-electron chi connectivity index (χ4n) is 4.96. The SMILES string of the molecule is C=C(C)C(C)(C)Oc1c(C)cc(C=C(C(=O)OC)C(=O)OC)cc1C.COC(=O)C(=Cc1cc(C)c(OC(C)(C)C=C(C)C)c(C)c1)C(=O)OC. The zero-order valence-electron chi connectivity index (χ0n) is 32.8. The molecule has 0 spiro atoms. The summed E-state index contributed by atoms with van der Waals surface area (Å²) in [7, 11) is 4.87. The van der Waals surface area contributed by atoms with Gasteiger partial charge in [0.15, 0.2) is 0 Å². The van der Waals surface area contributed by atoms with Crippen molar-refractivity contribution in [3.8, 4) is 11.5 Å². The third-order valence-electron chi connectivity index (χ3n) is 7.59. The van der Waals surface area contributed by atoms with E-state index < -0.39 is 35.1 Å². The largest absolute Gasteiger partial charge is 0.483 e. The van der Waals surface area contributed by atoms with Gasteiger partial charge in [-0.05, 0) is 158 Å². The minimum Gasteiger partial charge on any atom is -0.483 e. The first-order valence-corrected chi connectivity index (χ1v) is 16.2. The molecule has 51 heavy (non-hydrogen) atoms. The highest BCUT2D eigenvalue weighted by molar-refractivity contribution is 6.18. The number of benzene rings is 2. The summed E-state index contributed by atoms with van der Waals surface area (Å²) in [4.78, 5) is 47.2. The van der Waals surface area contributed by atoms with Crippen LogP contribution in [0.15, 0.2) is 59.2 Å². The Balaban J connectivity index is 0.000000510. The standard InChI is InChI=1S/C21H28O5.C20H26O5/c1-13(2)12-21(5,6)26-18-14(3)9-16(10-15(18)4)11-17(19(22)24-7)20(23)25-8;1-12(2)20(5,6)25-17-13(3)9-15(10-14(17)4)11-16(18(21)23-7)19(22)24-8/h9-12H,1-8H3;9-11H,1H2,2-8H3. The Kier molecular flexibility index (Phi) is 16.1. The number of allylic oxidation sites excluding steroid dienone is 1. The molecule has 0 N–H and O–H groups in total. The summed E-state index contributed by atoms with van der Waals surface area (Å²) in [5, 5.41) is 0. The maximum absolute atomic E-state index is 11.8. The highest BCUT2D eigenvalue weighted by atomic mass is 16.6. The molecule has 0 saturated heterocycles. The quantitative estimate of drug-likeness (QED) is 0.0537. The minimum atomic E-state index is -0.745. The van der Waals surface area contributed by atoms with Gasteiger partial charge in [0, 0.05) is 0 Å². The molecule has 0 aliphatic carbocycles. The van der Waals surface area contributed by atoms with Crippen molar-refractivity contribution in [3.63, 3.8) is 0 Å². The van der Waals surface area contributed by atoms with Gasteiger partial charge in [-0.25, -0.2) is 19.2 Å². The Morgan fingerprint density at radius 2 is 0.863 bits per heavy atom. The first-order valence-electron chi connectivity index (χ1n) is 16.2. The average Bonchev–Trinajstić information content (AvgIpc) is 3.04. The van der Waals surface area contributed by atoms with Gasteiger partial charge in [0.25, 0.3) is 0 Å².